The number of aliphatic hydroxyl groups excluding tert-OH is 5. The van der Waals surface area contributed by atoms with Gasteiger partial charge in [-0.2, -0.15) is 9.98 Å². The smallest absolute Gasteiger partial charge is 0.295 e. The first-order valence-electron chi connectivity index (χ1n) is 13.7. The zero-order valence-corrected chi connectivity index (χ0v) is 25.5. The quantitative estimate of drug-likeness (QED) is 0.0392. The molecule has 0 amide bonds. The summed E-state index contributed by atoms with van der Waals surface area (Å²) in [6, 6.07) is 14.8. The van der Waals surface area contributed by atoms with Crippen molar-refractivity contribution in [3.8, 4) is 0 Å². The van der Waals surface area contributed by atoms with Crippen LogP contribution < -0.4 is 28.3 Å². The largest absolute Gasteiger partial charge is 0.435 e. The Morgan fingerprint density at radius 2 is 1.42 bits per heavy atom. The fraction of sp³-hybridized carbons (Fsp3) is 0.393. The molecule has 0 saturated heterocycles. The van der Waals surface area contributed by atoms with Crippen LogP contribution in [0.15, 0.2) is 68.5 Å². The van der Waals surface area contributed by atoms with Crippen LogP contribution in [-0.4, -0.2) is 100 Å². The Hall–Kier alpha value is -4.32. The minimum Gasteiger partial charge on any atom is -0.435 e. The first kappa shape index (κ1) is 38.7. The highest BCUT2D eigenvalue weighted by Gasteiger charge is 2.30. The van der Waals surface area contributed by atoms with Gasteiger partial charge in [-0.05, 0) is 50.5 Å². The number of aliphatic hydroxyl groups is 5. The maximum Gasteiger partial charge on any atom is 0.295 e. The molecule has 14 N–H and O–H groups in total. The van der Waals surface area contributed by atoms with Crippen molar-refractivity contribution in [2.45, 2.75) is 50.8 Å². The first-order chi connectivity index (χ1) is 21.4. The van der Waals surface area contributed by atoms with Crippen LogP contribution in [0.4, 0.5) is 5.69 Å². The Kier molecular flexibility index (Phi) is 18.4. The Labute approximate surface area is 265 Å². The number of aryl methyl sites for hydroxylation is 1. The highest BCUT2D eigenvalue weighted by molar-refractivity contribution is 6.30. The zero-order valence-electron chi connectivity index (χ0n) is 24.8. The van der Waals surface area contributed by atoms with Crippen LogP contribution in [0.1, 0.15) is 30.4 Å². The predicted molar refractivity (Wildman–Crippen MR) is 174 cm³/mol. The van der Waals surface area contributed by atoms with Crippen LogP contribution in [0, 0.1) is 6.92 Å². The SMILES string of the molecule is Cc1ccc(C(N)=NC(N)=NCCCCCN=C(N)N=C(N)Nc2ccc(Cl)cc2)cc1.O=COC(O)C(O)C(O)C(O)CO. The molecular formula is C28H42ClN9O7. The van der Waals surface area contributed by atoms with E-state index >= 15 is 0 Å². The number of hydrogen-bond donors (Lipinski definition) is 10. The summed E-state index contributed by atoms with van der Waals surface area (Å²) in [4.78, 5) is 26.3. The van der Waals surface area contributed by atoms with Gasteiger partial charge in [0.05, 0.1) is 6.61 Å². The first-order valence-corrected chi connectivity index (χ1v) is 14.1. The molecule has 248 valence electrons. The topological polar surface area (TPSA) is 293 Å². The fourth-order valence-corrected chi connectivity index (χ4v) is 3.37. The number of anilines is 1. The molecule has 0 spiro atoms. The van der Waals surface area contributed by atoms with E-state index in [0.717, 1.165) is 36.1 Å². The molecule has 4 unspecified atom stereocenters. The fourth-order valence-electron chi connectivity index (χ4n) is 3.24. The highest BCUT2D eigenvalue weighted by atomic mass is 35.5. The number of unbranched alkanes of at least 4 members (excludes halogenated alkanes) is 2. The second kappa shape index (κ2) is 21.4. The van der Waals surface area contributed by atoms with Gasteiger partial charge in [0.15, 0.2) is 0 Å². The number of rotatable bonds is 14. The highest BCUT2D eigenvalue weighted by Crippen LogP contribution is 2.13. The van der Waals surface area contributed by atoms with Crippen LogP contribution in [-0.2, 0) is 9.53 Å². The van der Waals surface area contributed by atoms with Crippen LogP contribution in [0.25, 0.3) is 0 Å². The molecule has 0 saturated carbocycles. The van der Waals surface area contributed by atoms with Crippen molar-refractivity contribution >= 4 is 47.5 Å². The summed E-state index contributed by atoms with van der Waals surface area (Å²) in [5, 5.41) is 47.4. The van der Waals surface area contributed by atoms with E-state index in [1.54, 1.807) is 24.3 Å². The molecular weight excluding hydrogens is 610 g/mol. The third-order valence-electron chi connectivity index (χ3n) is 5.72. The number of carbonyl (C=O) groups excluding carboxylic acids is 1. The number of nitrogens with zero attached hydrogens (tertiary/aromatic N) is 4. The maximum absolute atomic E-state index is 9.69. The van der Waals surface area contributed by atoms with E-state index in [1.807, 2.05) is 31.2 Å². The monoisotopic (exact) mass is 651 g/mol. The predicted octanol–water partition coefficient (Wildman–Crippen LogP) is -0.867. The van der Waals surface area contributed by atoms with Crippen molar-refractivity contribution in [2.75, 3.05) is 25.0 Å². The van der Waals surface area contributed by atoms with E-state index in [9.17, 15) is 4.79 Å². The Morgan fingerprint density at radius 3 is 1.96 bits per heavy atom. The van der Waals surface area contributed by atoms with Crippen LogP contribution in [0.5, 0.6) is 0 Å². The summed E-state index contributed by atoms with van der Waals surface area (Å²) in [6.07, 6.45) is -4.61. The molecule has 0 radical (unpaired) electrons. The molecule has 4 atom stereocenters. The van der Waals surface area contributed by atoms with Gasteiger partial charge in [-0.25, -0.2) is 0 Å². The van der Waals surface area contributed by atoms with Gasteiger partial charge >= 0.3 is 0 Å². The molecule has 0 fully saturated rings. The lowest BCUT2D eigenvalue weighted by Crippen LogP contribution is -2.46. The lowest BCUT2D eigenvalue weighted by molar-refractivity contribution is -0.199. The molecule has 17 heteroatoms. The zero-order chi connectivity index (χ0) is 33.8. The molecule has 2 aromatic rings. The minimum absolute atomic E-state index is 0.118. The average molecular weight is 652 g/mol. The molecule has 45 heavy (non-hydrogen) atoms. The molecule has 0 bridgehead atoms. The number of aliphatic imine (C=N–C) groups is 4. The van der Waals surface area contributed by atoms with Crippen molar-refractivity contribution in [1.29, 1.82) is 0 Å². The lowest BCUT2D eigenvalue weighted by Gasteiger charge is -2.23. The Balaban J connectivity index is 0.000000656. The van der Waals surface area contributed by atoms with Gasteiger partial charge in [-0.3, -0.25) is 14.8 Å². The third-order valence-corrected chi connectivity index (χ3v) is 5.97. The van der Waals surface area contributed by atoms with E-state index in [4.69, 9.17) is 60.1 Å². The van der Waals surface area contributed by atoms with E-state index < -0.39 is 31.2 Å². The molecule has 0 aliphatic rings. The van der Waals surface area contributed by atoms with E-state index in [0.29, 0.717) is 23.9 Å². The Bertz CT molecular complexity index is 1280. The molecule has 2 aromatic carbocycles. The van der Waals surface area contributed by atoms with Crippen molar-refractivity contribution in [2.24, 2.45) is 42.9 Å². The number of ether oxygens (including phenoxy) is 1. The summed E-state index contributed by atoms with van der Waals surface area (Å²) < 4.78 is 3.89. The third kappa shape index (κ3) is 16.4. The van der Waals surface area contributed by atoms with E-state index in [-0.39, 0.29) is 24.4 Å². The summed E-state index contributed by atoms with van der Waals surface area (Å²) >= 11 is 5.85. The van der Waals surface area contributed by atoms with Crippen molar-refractivity contribution < 1.29 is 35.1 Å². The molecule has 0 heterocycles. The van der Waals surface area contributed by atoms with E-state index in [2.05, 4.69) is 30.0 Å². The van der Waals surface area contributed by atoms with Crippen LogP contribution >= 0.6 is 11.6 Å². The Morgan fingerprint density at radius 1 is 0.867 bits per heavy atom. The number of nitrogens with two attached hydrogens (primary N) is 4. The van der Waals surface area contributed by atoms with Crippen LogP contribution in [0.2, 0.25) is 5.02 Å². The van der Waals surface area contributed by atoms with Gasteiger partial charge in [0.25, 0.3) is 6.47 Å². The normalized spacial score (nSPS) is 15.3. The number of halogens is 1. The number of nitrogens with one attached hydrogen (secondary N) is 1. The summed E-state index contributed by atoms with van der Waals surface area (Å²) in [7, 11) is 0. The van der Waals surface area contributed by atoms with Crippen molar-refractivity contribution in [3.05, 3.63) is 64.7 Å². The number of carbonyl (C=O) groups is 1. The number of hydrogen-bond acceptors (Lipinski definition) is 9. The molecule has 2 rings (SSSR count). The maximum atomic E-state index is 9.69. The second-order valence-corrected chi connectivity index (χ2v) is 9.82. The van der Waals surface area contributed by atoms with Gasteiger partial charge < -0.3 is 58.5 Å². The summed E-state index contributed by atoms with van der Waals surface area (Å²) in [5.74, 6) is 0.792. The van der Waals surface area contributed by atoms with Gasteiger partial charge in [-0.1, -0.05) is 41.4 Å². The van der Waals surface area contributed by atoms with Crippen LogP contribution in [0.3, 0.4) is 0 Å². The minimum atomic E-state index is -1.94. The van der Waals surface area contributed by atoms with Crippen molar-refractivity contribution in [3.63, 3.8) is 0 Å². The standard InChI is InChI=1S/C22H30ClN9.C6H12O7/c1-15-5-7-16(8-6-15)19(24)31-20(25)28-13-3-2-4-14-29-21(26)32-22(27)30-18-11-9-17(23)10-12-18;7-1-3(9)4(10)5(11)6(12)13-2-8/h5-12H,2-4,13-14H2,1H3,(H4,24,25,28,31)(H5,26,27,29,30,32);2-7,9-12H,1H2. The molecule has 16 nitrogen and oxygen atoms in total. The second-order valence-electron chi connectivity index (χ2n) is 9.39. The van der Waals surface area contributed by atoms with Gasteiger partial charge in [0, 0.05) is 29.4 Å². The van der Waals surface area contributed by atoms with Gasteiger partial charge in [0.1, 0.15) is 24.1 Å². The molecule has 0 aliphatic heterocycles. The number of guanidine groups is 3. The van der Waals surface area contributed by atoms with Gasteiger partial charge in [0.2, 0.25) is 24.2 Å². The summed E-state index contributed by atoms with van der Waals surface area (Å²) in [6.45, 7) is 2.21. The van der Waals surface area contributed by atoms with Gasteiger partial charge in [-0.15, -0.1) is 0 Å². The van der Waals surface area contributed by atoms with E-state index in [1.165, 1.54) is 0 Å². The lowest BCUT2D eigenvalue weighted by atomic mass is 10.1. The van der Waals surface area contributed by atoms with Crippen molar-refractivity contribution in [1.82, 2.24) is 0 Å². The number of amidine groups is 1. The average Bonchev–Trinajstić information content (AvgIpc) is 3.01. The molecule has 0 aromatic heterocycles. The molecule has 0 aliphatic carbocycles. The number of benzene rings is 2. The summed E-state index contributed by atoms with van der Waals surface area (Å²) in [5.41, 5.74) is 26.1.